The minimum Gasteiger partial charge on any atom is -0.453 e. The number of hydrogen-bond donors (Lipinski definition) is 4. The van der Waals surface area contributed by atoms with Gasteiger partial charge in [0.2, 0.25) is 11.8 Å². The Balaban J connectivity index is 1.07. The lowest BCUT2D eigenvalue weighted by Gasteiger charge is -2.28. The molecule has 5 aromatic rings. The molecule has 0 radical (unpaired) electrons. The van der Waals surface area contributed by atoms with E-state index in [1.807, 2.05) is 59.9 Å². The van der Waals surface area contributed by atoms with E-state index in [0.717, 1.165) is 34.6 Å². The number of fused-ring (bicyclic) bond motifs is 2. The quantitative estimate of drug-likeness (QED) is 0.116. The summed E-state index contributed by atoms with van der Waals surface area (Å²) in [4.78, 5) is 56.2. The Morgan fingerprint density at radius 1 is 0.821 bits per heavy atom. The number of rotatable bonds is 9. The number of hydrogen-bond acceptors (Lipinski definition) is 7. The molecule has 0 saturated carbocycles. The number of imidazole rings is 2. The van der Waals surface area contributed by atoms with Crippen LogP contribution < -0.4 is 11.1 Å². The van der Waals surface area contributed by atoms with E-state index < -0.39 is 67.3 Å². The van der Waals surface area contributed by atoms with E-state index in [9.17, 15) is 40.7 Å². The summed E-state index contributed by atoms with van der Waals surface area (Å²) in [6.07, 6.45) is -9.53. The van der Waals surface area contributed by atoms with Crippen molar-refractivity contribution in [1.82, 2.24) is 35.1 Å². The molecule has 5 N–H and O–H groups in total. The number of nitrogens with two attached hydrogens (primary N) is 1. The molecule has 12 nitrogen and oxygen atoms in total. The third kappa shape index (κ3) is 8.29. The lowest BCUT2D eigenvalue weighted by atomic mass is 9.99. The van der Waals surface area contributed by atoms with Crippen LogP contribution in [0.4, 0.5) is 31.1 Å². The van der Waals surface area contributed by atoms with E-state index in [1.165, 1.54) is 9.80 Å². The Bertz CT molecular complexity index is 2270. The summed E-state index contributed by atoms with van der Waals surface area (Å²) in [5.74, 6) is -0.719. The number of ether oxygens (including phenoxy) is 1. The zero-order chi connectivity index (χ0) is 39.9. The van der Waals surface area contributed by atoms with Crippen molar-refractivity contribution in [2.24, 2.45) is 5.73 Å². The number of benzene rings is 3. The minimum atomic E-state index is -4.70. The van der Waals surface area contributed by atoms with Gasteiger partial charge in [-0.25, -0.2) is 14.8 Å². The number of carbonyl (C=O) groups is 3. The van der Waals surface area contributed by atoms with Gasteiger partial charge in [0.05, 0.1) is 61.0 Å². The number of nitrogens with one attached hydrogen (secondary N) is 3. The summed E-state index contributed by atoms with van der Waals surface area (Å²) in [6, 6.07) is 12.8. The Kier molecular flexibility index (Phi) is 10.4. The van der Waals surface area contributed by atoms with Crippen LogP contribution in [0.5, 0.6) is 0 Å². The van der Waals surface area contributed by atoms with Crippen molar-refractivity contribution in [3.63, 3.8) is 0 Å². The number of alkyl halides is 6. The summed E-state index contributed by atoms with van der Waals surface area (Å²) in [7, 11) is 1.00. The summed E-state index contributed by atoms with van der Waals surface area (Å²) in [5.41, 5.74) is 10.2. The number of carbonyl (C=O) groups excluding carboxylic acids is 3. The first kappa shape index (κ1) is 38.6. The molecule has 3 amide bonds. The molecular formula is C38H38F6N8O4. The van der Waals surface area contributed by atoms with Crippen LogP contribution in [0.25, 0.3) is 44.2 Å². The number of amides is 3. The predicted molar refractivity (Wildman–Crippen MR) is 193 cm³/mol. The molecule has 0 bridgehead atoms. The highest BCUT2D eigenvalue weighted by atomic mass is 19.4. The van der Waals surface area contributed by atoms with Gasteiger partial charge in [0.25, 0.3) is 0 Å². The van der Waals surface area contributed by atoms with E-state index in [1.54, 1.807) is 6.20 Å². The van der Waals surface area contributed by atoms with Crippen LogP contribution in [-0.2, 0) is 14.3 Å². The number of halogens is 6. The number of alkyl carbamates (subject to hydrolysis) is 1. The second-order valence-electron chi connectivity index (χ2n) is 14.1. The van der Waals surface area contributed by atoms with E-state index in [4.69, 9.17) is 5.73 Å². The molecule has 2 saturated heterocycles. The molecule has 2 aliphatic rings. The summed E-state index contributed by atoms with van der Waals surface area (Å²) in [5, 5.41) is 3.88. The molecule has 0 unspecified atom stereocenters. The Hall–Kier alpha value is -5.65. The molecule has 296 valence electrons. The maximum atomic E-state index is 13.3. The Morgan fingerprint density at radius 2 is 1.41 bits per heavy atom. The second kappa shape index (κ2) is 15.1. The highest BCUT2D eigenvalue weighted by Crippen LogP contribution is 2.36. The average molecular weight is 785 g/mol. The molecule has 2 aliphatic heterocycles. The third-order valence-corrected chi connectivity index (χ3v) is 10.3. The highest BCUT2D eigenvalue weighted by Gasteiger charge is 2.42. The predicted octanol–water partition coefficient (Wildman–Crippen LogP) is 7.06. The second-order valence-corrected chi connectivity index (χ2v) is 14.1. The van der Waals surface area contributed by atoms with Crippen molar-refractivity contribution >= 4 is 39.7 Å². The molecule has 18 heteroatoms. The van der Waals surface area contributed by atoms with Gasteiger partial charge in [0.1, 0.15) is 17.7 Å². The number of H-pyrrole nitrogens is 2. The van der Waals surface area contributed by atoms with Crippen molar-refractivity contribution in [2.45, 2.75) is 75.0 Å². The van der Waals surface area contributed by atoms with Gasteiger partial charge in [-0.15, -0.1) is 0 Å². The Morgan fingerprint density at radius 3 is 2.07 bits per heavy atom. The molecule has 2 aromatic heterocycles. The van der Waals surface area contributed by atoms with Crippen LogP contribution in [0.15, 0.2) is 60.8 Å². The van der Waals surface area contributed by atoms with Gasteiger partial charge in [-0.05, 0) is 71.8 Å². The first-order valence-electron chi connectivity index (χ1n) is 18.0. The van der Waals surface area contributed by atoms with Crippen LogP contribution in [0, 0.1) is 0 Å². The standard InChI is InChI=1S/C38H38F6N8O4/c1-56-36(55)50-28(18-38(42,43)44)35(54)52-13-2-4-30(52)32-46-19-29(49-32)24-9-8-20-14-21(6-7-22(20)15-24)23-10-11-26-27(16-23)48-33(47-26)31-5-3-12-51(31)34(53)25(45)17-37(39,40)41/h6-11,14-16,19,25,28,30-31H,2-5,12-13,17-18,45H2,1H3,(H,46,49)(H,47,48)(H,50,55)/t25-,28-,30-,31-/m0/s1. The van der Waals surface area contributed by atoms with E-state index in [-0.39, 0.29) is 6.54 Å². The number of likely N-dealkylation sites (tertiary alicyclic amines) is 2. The summed E-state index contributed by atoms with van der Waals surface area (Å²) < 4.78 is 83.1. The first-order chi connectivity index (χ1) is 26.6. The summed E-state index contributed by atoms with van der Waals surface area (Å²) >= 11 is 0. The van der Waals surface area contributed by atoms with E-state index in [0.29, 0.717) is 60.6 Å². The van der Waals surface area contributed by atoms with Crippen molar-refractivity contribution in [3.05, 3.63) is 72.4 Å². The molecule has 56 heavy (non-hydrogen) atoms. The van der Waals surface area contributed by atoms with Crippen LogP contribution in [-0.4, -0.2) is 92.3 Å². The van der Waals surface area contributed by atoms with Crippen molar-refractivity contribution in [1.29, 1.82) is 0 Å². The van der Waals surface area contributed by atoms with Gasteiger partial charge < -0.3 is 35.6 Å². The largest absolute Gasteiger partial charge is 0.453 e. The number of aromatic nitrogens is 4. The zero-order valence-corrected chi connectivity index (χ0v) is 30.0. The number of methoxy groups -OCH3 is 1. The van der Waals surface area contributed by atoms with Crippen molar-refractivity contribution < 1.29 is 45.5 Å². The van der Waals surface area contributed by atoms with Gasteiger partial charge >= 0.3 is 18.4 Å². The van der Waals surface area contributed by atoms with Crippen LogP contribution in [0.1, 0.15) is 62.3 Å². The van der Waals surface area contributed by atoms with Gasteiger partial charge in [0.15, 0.2) is 0 Å². The van der Waals surface area contributed by atoms with Crippen LogP contribution in [0.3, 0.4) is 0 Å². The topological polar surface area (TPSA) is 162 Å². The average Bonchev–Trinajstić information content (AvgIpc) is 3.98. The minimum absolute atomic E-state index is 0.202. The van der Waals surface area contributed by atoms with E-state index in [2.05, 4.69) is 24.7 Å². The molecular weight excluding hydrogens is 746 g/mol. The van der Waals surface area contributed by atoms with Gasteiger partial charge in [0, 0.05) is 18.7 Å². The first-order valence-corrected chi connectivity index (χ1v) is 18.0. The van der Waals surface area contributed by atoms with Gasteiger partial charge in [-0.3, -0.25) is 9.59 Å². The maximum Gasteiger partial charge on any atom is 0.407 e. The molecule has 0 aliphatic carbocycles. The normalized spacial score (nSPS) is 18.8. The fraction of sp³-hybridized carbons (Fsp3) is 0.395. The number of nitrogens with zero attached hydrogens (tertiary/aromatic N) is 4. The molecule has 3 aromatic carbocycles. The van der Waals surface area contributed by atoms with Gasteiger partial charge in [-0.2, -0.15) is 26.3 Å². The van der Waals surface area contributed by atoms with Crippen LogP contribution in [0.2, 0.25) is 0 Å². The van der Waals surface area contributed by atoms with Gasteiger partial charge in [-0.1, -0.05) is 30.3 Å². The van der Waals surface area contributed by atoms with Crippen molar-refractivity contribution in [3.8, 4) is 22.4 Å². The molecule has 4 heterocycles. The zero-order valence-electron chi connectivity index (χ0n) is 30.0. The molecule has 7 rings (SSSR count). The summed E-state index contributed by atoms with van der Waals surface area (Å²) in [6.45, 7) is 0.497. The van der Waals surface area contributed by atoms with Crippen LogP contribution >= 0.6 is 0 Å². The maximum absolute atomic E-state index is 13.3. The molecule has 4 atom stereocenters. The van der Waals surface area contributed by atoms with Crippen molar-refractivity contribution in [2.75, 3.05) is 20.2 Å². The lowest BCUT2D eigenvalue weighted by Crippen LogP contribution is -2.50. The molecule has 2 fully saturated rings. The molecule has 0 spiro atoms. The Labute approximate surface area is 315 Å². The SMILES string of the molecule is COC(=O)N[C@@H](CC(F)(F)F)C(=O)N1CCC[C@H]1c1ncc(-c2ccc3cc(-c4ccc5nc([C@@H]6CCCN6C(=O)[C@@H](N)CC(F)(F)F)[nH]c5c4)ccc3c2)[nH]1. The fourth-order valence-corrected chi connectivity index (χ4v) is 7.62. The monoisotopic (exact) mass is 784 g/mol. The third-order valence-electron chi connectivity index (χ3n) is 10.3. The fourth-order valence-electron chi connectivity index (χ4n) is 7.62. The lowest BCUT2D eigenvalue weighted by molar-refractivity contribution is -0.154. The smallest absolute Gasteiger partial charge is 0.407 e. The number of aromatic amines is 2. The van der Waals surface area contributed by atoms with E-state index >= 15 is 0 Å². The highest BCUT2D eigenvalue weighted by molar-refractivity contribution is 5.92.